The number of cyclic esters (lactones) is 1. The standard InChI is InChI=1S/C24H38N4O8S3/c1-7-17-22(31)28-21(15(4)5)24(33)36-16(10-8-9-11-37-39(35)38(6)34)12-18(29)27-20(14(2)3)23(32)25-13-19(30)26-17/h7-8,10,14-16,20-21H,9,11-13H2,1-6H3,(H,25,32)(H,26,30)(H,27,29)(H,28,31)/b10-8+,17-7-/t16-,20-,21+,38?,39?/m1/s1. The number of allylic oxidation sites excluding steroid dienone is 2. The second-order valence-electron chi connectivity index (χ2n) is 9.28. The molecule has 15 heteroatoms. The highest BCUT2D eigenvalue weighted by Gasteiger charge is 2.31. The average Bonchev–Trinajstić information content (AvgIpc) is 2.85. The number of hydrogen-bond donors (Lipinski definition) is 4. The Kier molecular flexibility index (Phi) is 15.2. The third kappa shape index (κ3) is 12.5. The van der Waals surface area contributed by atoms with Gasteiger partial charge >= 0.3 is 5.97 Å². The van der Waals surface area contributed by atoms with E-state index >= 15 is 0 Å². The van der Waals surface area contributed by atoms with Crippen LogP contribution in [0.1, 0.15) is 47.5 Å². The van der Waals surface area contributed by atoms with Crippen LogP contribution in [0.3, 0.4) is 0 Å². The summed E-state index contributed by atoms with van der Waals surface area (Å²) in [4.78, 5) is 63.8. The van der Waals surface area contributed by atoms with Crippen LogP contribution in [0.5, 0.6) is 0 Å². The number of amides is 4. The first-order valence-corrected chi connectivity index (χ1v) is 17.1. The van der Waals surface area contributed by atoms with E-state index in [0.29, 0.717) is 12.2 Å². The minimum atomic E-state index is -1.54. The lowest BCUT2D eigenvalue weighted by Crippen LogP contribution is -2.53. The lowest BCUT2D eigenvalue weighted by atomic mass is 10.0. The maximum atomic E-state index is 13.1. The summed E-state index contributed by atoms with van der Waals surface area (Å²) in [7, 11) is -2.01. The van der Waals surface area contributed by atoms with Crippen LogP contribution in [0, 0.1) is 11.8 Å². The van der Waals surface area contributed by atoms with Gasteiger partial charge in [-0.05, 0) is 42.1 Å². The Bertz CT molecular complexity index is 1030. The van der Waals surface area contributed by atoms with Crippen molar-refractivity contribution in [1.29, 1.82) is 0 Å². The van der Waals surface area contributed by atoms with E-state index in [9.17, 15) is 32.4 Å². The van der Waals surface area contributed by atoms with Gasteiger partial charge in [-0.25, -0.2) is 13.2 Å². The fraction of sp³-hybridized carbons (Fsp3) is 0.625. The minimum Gasteiger partial charge on any atom is -0.456 e. The van der Waals surface area contributed by atoms with Crippen LogP contribution in [0.25, 0.3) is 0 Å². The zero-order valence-electron chi connectivity index (χ0n) is 22.9. The molecule has 2 unspecified atom stereocenters. The normalized spacial score (nSPS) is 25.2. The van der Waals surface area contributed by atoms with Crippen molar-refractivity contribution in [2.75, 3.05) is 18.6 Å². The summed E-state index contributed by atoms with van der Waals surface area (Å²) in [6, 6.07) is -2.05. The second kappa shape index (κ2) is 17.2. The van der Waals surface area contributed by atoms with Crippen LogP contribution in [-0.4, -0.2) is 74.8 Å². The summed E-state index contributed by atoms with van der Waals surface area (Å²) >= 11 is 0. The Balaban J connectivity index is 3.25. The number of ether oxygens (including phenoxy) is 1. The molecule has 0 aromatic carbocycles. The zero-order valence-corrected chi connectivity index (χ0v) is 25.4. The predicted octanol–water partition coefficient (Wildman–Crippen LogP) is 0.356. The molecule has 220 valence electrons. The molecule has 39 heavy (non-hydrogen) atoms. The predicted molar refractivity (Wildman–Crippen MR) is 151 cm³/mol. The summed E-state index contributed by atoms with van der Waals surface area (Å²) in [5.74, 6) is -3.65. The number of carbonyl (C=O) groups is 5. The van der Waals surface area contributed by atoms with Crippen molar-refractivity contribution in [1.82, 2.24) is 21.3 Å². The molecule has 1 saturated heterocycles. The van der Waals surface area contributed by atoms with Crippen molar-refractivity contribution < 1.29 is 37.1 Å². The number of carbonyl (C=O) groups excluding carboxylic acids is 5. The van der Waals surface area contributed by atoms with Crippen LogP contribution in [0.4, 0.5) is 0 Å². The molecule has 0 aromatic heterocycles. The second-order valence-corrected chi connectivity index (χ2v) is 15.7. The van der Waals surface area contributed by atoms with Crippen molar-refractivity contribution in [2.45, 2.75) is 65.6 Å². The van der Waals surface area contributed by atoms with E-state index in [0.717, 1.165) is 10.8 Å². The monoisotopic (exact) mass is 606 g/mol. The van der Waals surface area contributed by atoms with E-state index in [1.54, 1.807) is 33.8 Å². The molecule has 1 rings (SSSR count). The van der Waals surface area contributed by atoms with Crippen LogP contribution in [0.2, 0.25) is 0 Å². The SMILES string of the molecule is C/C=C1\NC(=O)CNC(=O)[C@@H](C(C)C)NC(=O)C[C@@H](/C=C/CCSS(=O)S(C)=O)OC(=O)[C@H](C(C)C)NC1=O. The Morgan fingerprint density at radius 3 is 2.21 bits per heavy atom. The van der Waals surface area contributed by atoms with Gasteiger partial charge in [0.2, 0.25) is 17.7 Å². The molecule has 5 atom stereocenters. The van der Waals surface area contributed by atoms with Crippen LogP contribution in [-0.2, 0) is 47.4 Å². The third-order valence-corrected chi connectivity index (χ3v) is 11.2. The van der Waals surface area contributed by atoms with Gasteiger partial charge in [0, 0.05) is 12.0 Å². The van der Waals surface area contributed by atoms with Gasteiger partial charge in [-0.1, -0.05) is 39.8 Å². The third-order valence-electron chi connectivity index (χ3n) is 5.36. The first-order valence-electron chi connectivity index (χ1n) is 12.4. The summed E-state index contributed by atoms with van der Waals surface area (Å²) in [6.07, 6.45) is 4.92. The lowest BCUT2D eigenvalue weighted by Gasteiger charge is -2.26. The molecule has 1 aliphatic rings. The van der Waals surface area contributed by atoms with E-state index < -0.39 is 78.9 Å². The maximum Gasteiger partial charge on any atom is 0.329 e. The fourth-order valence-corrected chi connectivity index (χ4v) is 6.71. The number of rotatable bonds is 8. The average molecular weight is 607 g/mol. The largest absolute Gasteiger partial charge is 0.456 e. The molecule has 0 spiro atoms. The molecule has 1 heterocycles. The zero-order chi connectivity index (χ0) is 29.7. The molecule has 4 amide bonds. The summed E-state index contributed by atoms with van der Waals surface area (Å²) in [6.45, 7) is 7.95. The molecule has 0 saturated carbocycles. The van der Waals surface area contributed by atoms with E-state index in [1.807, 2.05) is 0 Å². The van der Waals surface area contributed by atoms with Crippen molar-refractivity contribution in [3.05, 3.63) is 23.9 Å². The van der Waals surface area contributed by atoms with E-state index in [2.05, 4.69) is 21.3 Å². The summed E-state index contributed by atoms with van der Waals surface area (Å²) < 4.78 is 28.5. The van der Waals surface area contributed by atoms with E-state index in [-0.39, 0.29) is 18.0 Å². The Morgan fingerprint density at radius 1 is 1.00 bits per heavy atom. The number of esters is 1. The van der Waals surface area contributed by atoms with Gasteiger partial charge in [-0.15, -0.1) is 0 Å². The highest BCUT2D eigenvalue weighted by atomic mass is 33.5. The quantitative estimate of drug-likeness (QED) is 0.0999. The molecular weight excluding hydrogens is 568 g/mol. The van der Waals surface area contributed by atoms with E-state index in [4.69, 9.17) is 4.74 Å². The Hall–Kier alpha value is -2.52. The van der Waals surface area contributed by atoms with Gasteiger partial charge in [-0.2, -0.15) is 0 Å². The van der Waals surface area contributed by atoms with Gasteiger partial charge in [0.25, 0.3) is 5.91 Å². The van der Waals surface area contributed by atoms with Crippen LogP contribution >= 0.6 is 10.8 Å². The maximum absolute atomic E-state index is 13.1. The summed E-state index contributed by atoms with van der Waals surface area (Å²) in [5, 5.41) is 10.1. The molecule has 1 fully saturated rings. The van der Waals surface area contributed by atoms with E-state index in [1.165, 1.54) is 25.3 Å². The van der Waals surface area contributed by atoms with Gasteiger partial charge in [0.15, 0.2) is 8.86 Å². The Labute approximate surface area is 237 Å². The van der Waals surface area contributed by atoms with Gasteiger partial charge in [0.05, 0.1) is 13.0 Å². The number of nitrogens with one attached hydrogen (secondary N) is 4. The van der Waals surface area contributed by atoms with Crippen molar-refractivity contribution >= 4 is 59.1 Å². The van der Waals surface area contributed by atoms with Crippen LogP contribution < -0.4 is 21.3 Å². The van der Waals surface area contributed by atoms with Crippen LogP contribution in [0.15, 0.2) is 23.9 Å². The minimum absolute atomic E-state index is 0.104. The highest BCUT2D eigenvalue weighted by molar-refractivity contribution is 8.97. The molecule has 0 bridgehead atoms. The van der Waals surface area contributed by atoms with Gasteiger partial charge in [0.1, 0.15) is 33.7 Å². The number of hydrogen-bond acceptors (Lipinski definition) is 9. The van der Waals surface area contributed by atoms with Crippen molar-refractivity contribution in [3.63, 3.8) is 0 Å². The molecule has 4 N–H and O–H groups in total. The first kappa shape index (κ1) is 34.5. The van der Waals surface area contributed by atoms with Crippen molar-refractivity contribution in [2.24, 2.45) is 11.8 Å². The van der Waals surface area contributed by atoms with Crippen molar-refractivity contribution in [3.8, 4) is 0 Å². The topological polar surface area (TPSA) is 177 Å². The molecule has 0 radical (unpaired) electrons. The molecule has 1 aliphatic heterocycles. The first-order chi connectivity index (χ1) is 18.3. The summed E-state index contributed by atoms with van der Waals surface area (Å²) in [5.41, 5.74) is -0.104. The lowest BCUT2D eigenvalue weighted by molar-refractivity contribution is -0.153. The molecule has 0 aliphatic carbocycles. The Morgan fingerprint density at radius 2 is 1.64 bits per heavy atom. The van der Waals surface area contributed by atoms with Gasteiger partial charge < -0.3 is 26.0 Å². The molecule has 12 nitrogen and oxygen atoms in total. The molecular formula is C24H38N4O8S3. The fourth-order valence-electron chi connectivity index (χ4n) is 3.27. The highest BCUT2D eigenvalue weighted by Crippen LogP contribution is 2.14. The smallest absolute Gasteiger partial charge is 0.329 e. The van der Waals surface area contributed by atoms with Gasteiger partial charge in [-0.3, -0.25) is 19.2 Å². The molecule has 0 aromatic rings.